The fraction of sp³-hybridized carbons (Fsp3) is 0.200. The number of nitro benzene ring substituents is 1. The molecule has 0 bridgehead atoms. The van der Waals surface area contributed by atoms with E-state index in [4.69, 9.17) is 16.3 Å². The van der Waals surface area contributed by atoms with Gasteiger partial charge in [0.25, 0.3) is 5.69 Å². The second-order valence-electron chi connectivity index (χ2n) is 4.74. The Morgan fingerprint density at radius 2 is 1.96 bits per heavy atom. The highest BCUT2D eigenvalue weighted by molar-refractivity contribution is 7.12. The van der Waals surface area contributed by atoms with Gasteiger partial charge in [0.1, 0.15) is 5.56 Å². The van der Waals surface area contributed by atoms with Crippen LogP contribution in [0.15, 0.2) is 24.3 Å². The molecule has 0 atom stereocenters. The summed E-state index contributed by atoms with van der Waals surface area (Å²) in [5, 5.41) is 11.1. The Bertz CT molecular complexity index is 799. The molecule has 1 heterocycles. The van der Waals surface area contributed by atoms with Crippen molar-refractivity contribution in [2.45, 2.75) is 13.8 Å². The molecule has 0 amide bonds. The maximum atomic E-state index is 12.1. The number of halogens is 1. The summed E-state index contributed by atoms with van der Waals surface area (Å²) in [6, 6.07) is 5.33. The van der Waals surface area contributed by atoms with Crippen LogP contribution < -0.4 is 0 Å². The van der Waals surface area contributed by atoms with Crippen LogP contribution in [0.1, 0.15) is 30.5 Å². The van der Waals surface area contributed by atoms with E-state index in [2.05, 4.69) is 0 Å². The molecule has 1 aromatic carbocycles. The molecule has 23 heavy (non-hydrogen) atoms. The van der Waals surface area contributed by atoms with E-state index < -0.39 is 23.2 Å². The minimum Gasteiger partial charge on any atom is -0.454 e. The summed E-state index contributed by atoms with van der Waals surface area (Å²) in [5.74, 6) is -1.29. The molecule has 0 radical (unpaired) electrons. The zero-order valence-corrected chi connectivity index (χ0v) is 13.9. The fourth-order valence-corrected chi connectivity index (χ4v) is 3.13. The van der Waals surface area contributed by atoms with Crippen molar-refractivity contribution >= 4 is 40.4 Å². The topological polar surface area (TPSA) is 86.5 Å². The van der Waals surface area contributed by atoms with E-state index >= 15 is 0 Å². The normalized spacial score (nSPS) is 10.4. The Balaban J connectivity index is 2.13. The van der Waals surface area contributed by atoms with E-state index in [-0.39, 0.29) is 16.4 Å². The smallest absolute Gasteiger partial charge is 0.345 e. The number of hydrogen-bond donors (Lipinski definition) is 0. The number of thiophene rings is 1. The SMILES string of the molecule is Cc1cc(C(=O)COC(=O)c2ccc(Cl)cc2[N+](=O)[O-])c(C)s1. The molecule has 0 spiro atoms. The van der Waals surface area contributed by atoms with Crippen LogP contribution in [0, 0.1) is 24.0 Å². The number of nitro groups is 1. The summed E-state index contributed by atoms with van der Waals surface area (Å²) in [6.45, 7) is 3.20. The number of carbonyl (C=O) groups excluding carboxylic acids is 2. The van der Waals surface area contributed by atoms with Crippen molar-refractivity contribution < 1.29 is 19.2 Å². The van der Waals surface area contributed by atoms with Gasteiger partial charge in [-0.25, -0.2) is 4.79 Å². The average molecular weight is 354 g/mol. The van der Waals surface area contributed by atoms with Crippen LogP contribution in [0.5, 0.6) is 0 Å². The van der Waals surface area contributed by atoms with Crippen LogP contribution >= 0.6 is 22.9 Å². The van der Waals surface area contributed by atoms with Gasteiger partial charge in [0.05, 0.1) is 4.92 Å². The van der Waals surface area contributed by atoms with E-state index in [1.165, 1.54) is 23.5 Å². The Kier molecular flexibility index (Phi) is 5.12. The van der Waals surface area contributed by atoms with Gasteiger partial charge in [-0.05, 0) is 32.0 Å². The number of esters is 1. The van der Waals surface area contributed by atoms with Crippen LogP contribution in [-0.4, -0.2) is 23.3 Å². The molecule has 0 aliphatic carbocycles. The van der Waals surface area contributed by atoms with Gasteiger partial charge in [-0.1, -0.05) is 11.6 Å². The molecule has 0 N–H and O–H groups in total. The third kappa shape index (κ3) is 3.94. The number of carbonyl (C=O) groups is 2. The molecule has 0 aliphatic heterocycles. The lowest BCUT2D eigenvalue weighted by molar-refractivity contribution is -0.385. The number of ketones is 1. The highest BCUT2D eigenvalue weighted by Crippen LogP contribution is 2.24. The number of rotatable bonds is 5. The molecule has 0 saturated heterocycles. The van der Waals surface area contributed by atoms with Gasteiger partial charge < -0.3 is 4.74 Å². The number of hydrogen-bond acceptors (Lipinski definition) is 6. The monoisotopic (exact) mass is 353 g/mol. The van der Waals surface area contributed by atoms with E-state index in [0.717, 1.165) is 15.8 Å². The summed E-state index contributed by atoms with van der Waals surface area (Å²) in [6.07, 6.45) is 0. The molecule has 2 aromatic rings. The van der Waals surface area contributed by atoms with Crippen molar-refractivity contribution in [1.82, 2.24) is 0 Å². The van der Waals surface area contributed by atoms with E-state index in [1.807, 2.05) is 6.92 Å². The van der Waals surface area contributed by atoms with E-state index in [0.29, 0.717) is 5.56 Å². The first-order valence-corrected chi connectivity index (χ1v) is 7.70. The van der Waals surface area contributed by atoms with E-state index in [1.54, 1.807) is 13.0 Å². The lowest BCUT2D eigenvalue weighted by Gasteiger charge is -2.05. The van der Waals surface area contributed by atoms with Gasteiger partial charge in [0.15, 0.2) is 6.61 Å². The molecule has 8 heteroatoms. The van der Waals surface area contributed by atoms with Crippen LogP contribution in [0.2, 0.25) is 5.02 Å². The van der Waals surface area contributed by atoms with Crippen molar-refractivity contribution in [3.63, 3.8) is 0 Å². The molecule has 2 rings (SSSR count). The summed E-state index contributed by atoms with van der Waals surface area (Å²) < 4.78 is 4.91. The van der Waals surface area contributed by atoms with Crippen molar-refractivity contribution in [3.05, 3.63) is 60.3 Å². The molecule has 0 aliphatic rings. The number of benzene rings is 1. The molecule has 6 nitrogen and oxygen atoms in total. The summed E-state index contributed by atoms with van der Waals surface area (Å²) in [5.41, 5.74) is -0.214. The highest BCUT2D eigenvalue weighted by atomic mass is 35.5. The lowest BCUT2D eigenvalue weighted by Crippen LogP contribution is -2.15. The minimum absolute atomic E-state index is 0.133. The zero-order chi connectivity index (χ0) is 17.1. The van der Waals surface area contributed by atoms with Crippen LogP contribution in [0.4, 0.5) is 5.69 Å². The van der Waals surface area contributed by atoms with E-state index in [9.17, 15) is 19.7 Å². The molecular weight excluding hydrogens is 342 g/mol. The van der Waals surface area contributed by atoms with Crippen molar-refractivity contribution in [2.75, 3.05) is 6.61 Å². The van der Waals surface area contributed by atoms with Gasteiger partial charge >= 0.3 is 5.97 Å². The Labute approximate surface area is 140 Å². The van der Waals surface area contributed by atoms with Crippen LogP contribution in [0.25, 0.3) is 0 Å². The Morgan fingerprint density at radius 1 is 1.26 bits per heavy atom. The molecule has 0 saturated carbocycles. The second kappa shape index (κ2) is 6.89. The first-order valence-electron chi connectivity index (χ1n) is 6.51. The fourth-order valence-electron chi connectivity index (χ4n) is 2.02. The van der Waals surface area contributed by atoms with Crippen molar-refractivity contribution in [1.29, 1.82) is 0 Å². The number of ether oxygens (including phenoxy) is 1. The largest absolute Gasteiger partial charge is 0.454 e. The van der Waals surface area contributed by atoms with Crippen molar-refractivity contribution in [3.8, 4) is 0 Å². The van der Waals surface area contributed by atoms with Gasteiger partial charge in [-0.2, -0.15) is 0 Å². The third-order valence-corrected chi connectivity index (χ3v) is 4.25. The molecule has 0 unspecified atom stereocenters. The second-order valence-corrected chi connectivity index (χ2v) is 6.64. The molecule has 0 fully saturated rings. The van der Waals surface area contributed by atoms with Gasteiger partial charge in [-0.3, -0.25) is 14.9 Å². The first kappa shape index (κ1) is 17.1. The predicted molar refractivity (Wildman–Crippen MR) is 86.5 cm³/mol. The Morgan fingerprint density at radius 3 is 2.52 bits per heavy atom. The first-order chi connectivity index (χ1) is 10.8. The minimum atomic E-state index is -0.939. The lowest BCUT2D eigenvalue weighted by atomic mass is 10.1. The summed E-state index contributed by atoms with van der Waals surface area (Å²) in [7, 11) is 0. The standard InChI is InChI=1S/C15H12ClNO5S/c1-8-5-12(9(2)23-8)14(18)7-22-15(19)11-4-3-10(16)6-13(11)17(20)21/h3-6H,7H2,1-2H3. The number of aryl methyl sites for hydroxylation is 2. The molecular formula is C15H12ClNO5S. The predicted octanol–water partition coefficient (Wildman–Crippen LogP) is 3.97. The molecule has 120 valence electrons. The Hall–Kier alpha value is -2.25. The maximum absolute atomic E-state index is 12.1. The zero-order valence-electron chi connectivity index (χ0n) is 12.3. The average Bonchev–Trinajstić information content (AvgIpc) is 2.83. The quantitative estimate of drug-likeness (QED) is 0.351. The summed E-state index contributed by atoms with van der Waals surface area (Å²) >= 11 is 7.15. The summed E-state index contributed by atoms with van der Waals surface area (Å²) in [4.78, 5) is 36.1. The van der Waals surface area contributed by atoms with Crippen LogP contribution in [-0.2, 0) is 4.74 Å². The number of nitrogens with zero attached hydrogens (tertiary/aromatic N) is 1. The van der Waals surface area contributed by atoms with Crippen molar-refractivity contribution in [2.24, 2.45) is 0 Å². The van der Waals surface area contributed by atoms with Gasteiger partial charge in [0.2, 0.25) is 5.78 Å². The maximum Gasteiger partial charge on any atom is 0.345 e. The third-order valence-electron chi connectivity index (χ3n) is 3.05. The number of Topliss-reactive ketones (excluding diaryl/α,β-unsaturated/α-hetero) is 1. The van der Waals surface area contributed by atoms with Crippen LogP contribution in [0.3, 0.4) is 0 Å². The van der Waals surface area contributed by atoms with Gasteiger partial charge in [-0.15, -0.1) is 11.3 Å². The van der Waals surface area contributed by atoms with Gasteiger partial charge in [0, 0.05) is 26.4 Å². The molecule has 1 aromatic heterocycles. The highest BCUT2D eigenvalue weighted by Gasteiger charge is 2.23.